The molecule has 1 aliphatic heterocycles. The highest BCUT2D eigenvalue weighted by molar-refractivity contribution is 6.10. The third-order valence-electron chi connectivity index (χ3n) is 3.90. The lowest BCUT2D eigenvalue weighted by Crippen LogP contribution is -2.25. The molecule has 1 unspecified atom stereocenters. The molecule has 0 amide bonds. The first kappa shape index (κ1) is 13.1. The zero-order valence-corrected chi connectivity index (χ0v) is 11.6. The standard InChI is InChI=1S/C17H18O3/c1-19-16-9-8-15(13-6-2-3-7-14(13)16)17(18)12-5-4-10-20-11-12/h2-3,6-9,12H,4-5,10-11H2,1H3. The summed E-state index contributed by atoms with van der Waals surface area (Å²) in [6.07, 6.45) is 1.88. The second-order valence-electron chi connectivity index (χ2n) is 5.14. The first-order valence-corrected chi connectivity index (χ1v) is 6.99. The second kappa shape index (κ2) is 5.63. The Labute approximate surface area is 118 Å². The summed E-state index contributed by atoms with van der Waals surface area (Å²) in [5.41, 5.74) is 0.775. The van der Waals surface area contributed by atoms with Crippen LogP contribution in [-0.4, -0.2) is 26.1 Å². The number of fused-ring (bicyclic) bond motifs is 1. The summed E-state index contributed by atoms with van der Waals surface area (Å²) in [6.45, 7) is 1.31. The van der Waals surface area contributed by atoms with E-state index in [1.54, 1.807) is 7.11 Å². The van der Waals surface area contributed by atoms with Crippen LogP contribution in [0.1, 0.15) is 23.2 Å². The van der Waals surface area contributed by atoms with Gasteiger partial charge in [0.1, 0.15) is 5.75 Å². The summed E-state index contributed by atoms with van der Waals surface area (Å²) < 4.78 is 10.8. The van der Waals surface area contributed by atoms with Crippen molar-refractivity contribution in [3.05, 3.63) is 42.0 Å². The van der Waals surface area contributed by atoms with Crippen LogP contribution < -0.4 is 4.74 Å². The molecule has 2 aromatic carbocycles. The Hall–Kier alpha value is -1.87. The molecule has 0 saturated carbocycles. The van der Waals surface area contributed by atoms with Crippen molar-refractivity contribution in [1.29, 1.82) is 0 Å². The van der Waals surface area contributed by atoms with Crippen LogP contribution in [0.2, 0.25) is 0 Å². The molecule has 1 fully saturated rings. The van der Waals surface area contributed by atoms with Crippen molar-refractivity contribution in [2.24, 2.45) is 5.92 Å². The topological polar surface area (TPSA) is 35.5 Å². The number of rotatable bonds is 3. The summed E-state index contributed by atoms with van der Waals surface area (Å²) >= 11 is 0. The number of ether oxygens (including phenoxy) is 2. The molecular weight excluding hydrogens is 252 g/mol. The van der Waals surface area contributed by atoms with Gasteiger partial charge in [0.25, 0.3) is 0 Å². The van der Waals surface area contributed by atoms with Crippen LogP contribution >= 0.6 is 0 Å². The fraction of sp³-hybridized carbons (Fsp3) is 0.353. The van der Waals surface area contributed by atoms with Gasteiger partial charge in [-0.25, -0.2) is 0 Å². The van der Waals surface area contributed by atoms with Crippen molar-refractivity contribution in [3.63, 3.8) is 0 Å². The maximum absolute atomic E-state index is 12.7. The van der Waals surface area contributed by atoms with Crippen LogP contribution in [0.3, 0.4) is 0 Å². The van der Waals surface area contributed by atoms with Crippen molar-refractivity contribution in [2.75, 3.05) is 20.3 Å². The smallest absolute Gasteiger partial charge is 0.168 e. The molecule has 20 heavy (non-hydrogen) atoms. The maximum Gasteiger partial charge on any atom is 0.168 e. The van der Waals surface area contributed by atoms with Crippen LogP contribution in [0.25, 0.3) is 10.8 Å². The van der Waals surface area contributed by atoms with Crippen molar-refractivity contribution >= 4 is 16.6 Å². The average molecular weight is 270 g/mol. The molecule has 0 bridgehead atoms. The number of ketones is 1. The number of benzene rings is 2. The van der Waals surface area contributed by atoms with Gasteiger partial charge in [0.15, 0.2) is 5.78 Å². The molecule has 1 atom stereocenters. The Morgan fingerprint density at radius 2 is 2.00 bits per heavy atom. The number of hydrogen-bond acceptors (Lipinski definition) is 3. The van der Waals surface area contributed by atoms with Crippen LogP contribution in [0.15, 0.2) is 36.4 Å². The minimum Gasteiger partial charge on any atom is -0.496 e. The first-order chi connectivity index (χ1) is 9.81. The highest BCUT2D eigenvalue weighted by Crippen LogP contribution is 2.30. The molecule has 0 radical (unpaired) electrons. The molecule has 3 heteroatoms. The molecule has 0 aliphatic carbocycles. The number of carbonyl (C=O) groups excluding carboxylic acids is 1. The molecular formula is C17H18O3. The van der Waals surface area contributed by atoms with Gasteiger partial charge in [-0.1, -0.05) is 24.3 Å². The minimum absolute atomic E-state index is 0.0134. The summed E-state index contributed by atoms with van der Waals surface area (Å²) in [6, 6.07) is 11.6. The predicted molar refractivity (Wildman–Crippen MR) is 78.4 cm³/mol. The zero-order valence-electron chi connectivity index (χ0n) is 11.6. The van der Waals surface area contributed by atoms with E-state index in [4.69, 9.17) is 9.47 Å². The lowest BCUT2D eigenvalue weighted by Gasteiger charge is -2.21. The van der Waals surface area contributed by atoms with Crippen molar-refractivity contribution < 1.29 is 14.3 Å². The lowest BCUT2D eigenvalue weighted by atomic mass is 9.90. The molecule has 104 valence electrons. The van der Waals surface area contributed by atoms with Crippen LogP contribution in [0.5, 0.6) is 5.75 Å². The van der Waals surface area contributed by atoms with Gasteiger partial charge in [-0.05, 0) is 30.4 Å². The van der Waals surface area contributed by atoms with E-state index in [1.807, 2.05) is 36.4 Å². The summed E-state index contributed by atoms with van der Waals surface area (Å²) in [5, 5.41) is 1.94. The van der Waals surface area contributed by atoms with E-state index in [0.717, 1.165) is 41.5 Å². The Morgan fingerprint density at radius 1 is 1.20 bits per heavy atom. The van der Waals surface area contributed by atoms with Crippen molar-refractivity contribution in [1.82, 2.24) is 0 Å². The highest BCUT2D eigenvalue weighted by atomic mass is 16.5. The van der Waals surface area contributed by atoms with Gasteiger partial charge in [0.2, 0.25) is 0 Å². The summed E-state index contributed by atoms with van der Waals surface area (Å²) in [5.74, 6) is 0.973. The van der Waals surface area contributed by atoms with E-state index in [9.17, 15) is 4.79 Å². The van der Waals surface area contributed by atoms with Crippen LogP contribution in [0, 0.1) is 5.92 Å². The predicted octanol–water partition coefficient (Wildman–Crippen LogP) is 3.46. The molecule has 1 aliphatic rings. The van der Waals surface area contributed by atoms with E-state index >= 15 is 0 Å². The molecule has 0 N–H and O–H groups in total. The third kappa shape index (κ3) is 2.29. The molecule has 3 rings (SSSR count). The second-order valence-corrected chi connectivity index (χ2v) is 5.14. The van der Waals surface area contributed by atoms with E-state index in [2.05, 4.69) is 0 Å². The van der Waals surface area contributed by atoms with Crippen LogP contribution in [-0.2, 0) is 4.74 Å². The van der Waals surface area contributed by atoms with Gasteiger partial charge in [-0.3, -0.25) is 4.79 Å². The number of Topliss-reactive ketones (excluding diaryl/α,β-unsaturated/α-hetero) is 1. The largest absolute Gasteiger partial charge is 0.496 e. The highest BCUT2D eigenvalue weighted by Gasteiger charge is 2.24. The Morgan fingerprint density at radius 3 is 2.70 bits per heavy atom. The zero-order chi connectivity index (χ0) is 13.9. The van der Waals surface area contributed by atoms with Gasteiger partial charge in [0.05, 0.1) is 13.7 Å². The summed E-state index contributed by atoms with van der Waals surface area (Å²) in [4.78, 5) is 12.7. The van der Waals surface area contributed by atoms with E-state index in [0.29, 0.717) is 6.61 Å². The summed E-state index contributed by atoms with van der Waals surface area (Å²) in [7, 11) is 1.65. The number of hydrogen-bond donors (Lipinski definition) is 0. The monoisotopic (exact) mass is 270 g/mol. The third-order valence-corrected chi connectivity index (χ3v) is 3.90. The fourth-order valence-electron chi connectivity index (χ4n) is 2.83. The molecule has 1 heterocycles. The SMILES string of the molecule is COc1ccc(C(=O)C2CCCOC2)c2ccccc12. The Balaban J connectivity index is 2.05. The van der Waals surface area contributed by atoms with Gasteiger partial charge >= 0.3 is 0 Å². The first-order valence-electron chi connectivity index (χ1n) is 6.99. The average Bonchev–Trinajstić information content (AvgIpc) is 2.54. The molecule has 2 aromatic rings. The van der Waals surface area contributed by atoms with Gasteiger partial charge < -0.3 is 9.47 Å². The quantitative estimate of drug-likeness (QED) is 0.801. The minimum atomic E-state index is -0.0134. The fourth-order valence-corrected chi connectivity index (χ4v) is 2.83. The van der Waals surface area contributed by atoms with Gasteiger partial charge in [0, 0.05) is 23.5 Å². The van der Waals surface area contributed by atoms with Crippen molar-refractivity contribution in [2.45, 2.75) is 12.8 Å². The lowest BCUT2D eigenvalue weighted by molar-refractivity contribution is 0.0462. The molecule has 0 aromatic heterocycles. The normalized spacial score (nSPS) is 18.9. The Kier molecular flexibility index (Phi) is 3.70. The van der Waals surface area contributed by atoms with Gasteiger partial charge in [-0.15, -0.1) is 0 Å². The van der Waals surface area contributed by atoms with Gasteiger partial charge in [-0.2, -0.15) is 0 Å². The Bertz CT molecular complexity index is 627. The molecule has 3 nitrogen and oxygen atoms in total. The maximum atomic E-state index is 12.7. The van der Waals surface area contributed by atoms with E-state index < -0.39 is 0 Å². The van der Waals surface area contributed by atoms with E-state index in [-0.39, 0.29) is 11.7 Å². The molecule has 0 spiro atoms. The number of carbonyl (C=O) groups is 1. The van der Waals surface area contributed by atoms with Crippen molar-refractivity contribution in [3.8, 4) is 5.75 Å². The van der Waals surface area contributed by atoms with Crippen LogP contribution in [0.4, 0.5) is 0 Å². The molecule has 1 saturated heterocycles. The van der Waals surface area contributed by atoms with E-state index in [1.165, 1.54) is 0 Å². The number of methoxy groups -OCH3 is 1.